The first-order valence-corrected chi connectivity index (χ1v) is 10.6. The molecule has 0 spiro atoms. The fourth-order valence-electron chi connectivity index (χ4n) is 3.36. The molecule has 3 aromatic rings. The molecule has 1 aliphatic heterocycles. The lowest BCUT2D eigenvalue weighted by Gasteiger charge is -2.31. The molecule has 1 aromatic carbocycles. The van der Waals surface area contributed by atoms with Gasteiger partial charge in [-0.15, -0.1) is 0 Å². The van der Waals surface area contributed by atoms with E-state index in [0.29, 0.717) is 29.8 Å². The Kier molecular flexibility index (Phi) is 5.31. The van der Waals surface area contributed by atoms with Crippen LogP contribution in [-0.4, -0.2) is 40.8 Å². The van der Waals surface area contributed by atoms with Crippen LogP contribution in [0.4, 0.5) is 11.8 Å². The zero-order valence-electron chi connectivity index (χ0n) is 15.3. The summed E-state index contributed by atoms with van der Waals surface area (Å²) in [7, 11) is -3.43. The Labute approximate surface area is 164 Å². The van der Waals surface area contributed by atoms with Crippen molar-refractivity contribution in [1.82, 2.24) is 19.3 Å². The molecule has 0 unspecified atom stereocenters. The van der Waals surface area contributed by atoms with Crippen molar-refractivity contribution < 1.29 is 8.42 Å². The molecule has 0 bridgehead atoms. The van der Waals surface area contributed by atoms with Gasteiger partial charge in [0.1, 0.15) is 5.82 Å². The van der Waals surface area contributed by atoms with Crippen LogP contribution in [0.15, 0.2) is 71.9 Å². The fraction of sp³-hybridized carbons (Fsp3) is 0.250. The number of piperidine rings is 1. The van der Waals surface area contributed by atoms with Crippen molar-refractivity contribution in [2.45, 2.75) is 23.7 Å². The van der Waals surface area contributed by atoms with Gasteiger partial charge in [-0.1, -0.05) is 24.3 Å². The van der Waals surface area contributed by atoms with Crippen LogP contribution in [0.1, 0.15) is 24.5 Å². The second kappa shape index (κ2) is 8.04. The largest absolute Gasteiger partial charge is 0.309 e. The Morgan fingerprint density at radius 2 is 1.61 bits per heavy atom. The van der Waals surface area contributed by atoms with Crippen LogP contribution in [0.2, 0.25) is 0 Å². The molecule has 0 aliphatic carbocycles. The van der Waals surface area contributed by atoms with Crippen LogP contribution >= 0.6 is 0 Å². The van der Waals surface area contributed by atoms with E-state index >= 15 is 0 Å². The lowest BCUT2D eigenvalue weighted by Crippen LogP contribution is -2.38. The molecule has 0 saturated carbocycles. The molecule has 1 fully saturated rings. The number of nitrogens with one attached hydrogen (secondary N) is 1. The summed E-state index contributed by atoms with van der Waals surface area (Å²) < 4.78 is 27.1. The van der Waals surface area contributed by atoms with E-state index in [9.17, 15) is 8.42 Å². The Morgan fingerprint density at radius 1 is 0.893 bits per heavy atom. The number of hydrogen-bond donors (Lipinski definition) is 1. The quantitative estimate of drug-likeness (QED) is 0.714. The second-order valence-corrected chi connectivity index (χ2v) is 8.57. The molecule has 28 heavy (non-hydrogen) atoms. The molecule has 0 radical (unpaired) electrons. The van der Waals surface area contributed by atoms with Gasteiger partial charge in [-0.25, -0.2) is 23.4 Å². The third-order valence-corrected chi connectivity index (χ3v) is 6.74. The molecular formula is C20H21N5O2S. The topological polar surface area (TPSA) is 88.1 Å². The van der Waals surface area contributed by atoms with Crippen LogP contribution in [0.25, 0.3) is 0 Å². The molecule has 1 saturated heterocycles. The van der Waals surface area contributed by atoms with Crippen LogP contribution < -0.4 is 5.32 Å². The van der Waals surface area contributed by atoms with Gasteiger partial charge in [0, 0.05) is 37.1 Å². The van der Waals surface area contributed by atoms with Crippen molar-refractivity contribution in [3.63, 3.8) is 0 Å². The molecule has 1 aliphatic rings. The van der Waals surface area contributed by atoms with E-state index in [1.165, 1.54) is 0 Å². The first-order valence-electron chi connectivity index (χ1n) is 9.19. The number of hydrogen-bond acceptors (Lipinski definition) is 6. The number of nitrogens with zero attached hydrogens (tertiary/aromatic N) is 4. The van der Waals surface area contributed by atoms with Gasteiger partial charge in [-0.3, -0.25) is 0 Å². The summed E-state index contributed by atoms with van der Waals surface area (Å²) in [5, 5.41) is 3.10. The lowest BCUT2D eigenvalue weighted by molar-refractivity contribution is 0.317. The van der Waals surface area contributed by atoms with Crippen LogP contribution in [0.3, 0.4) is 0 Å². The maximum atomic E-state index is 12.8. The summed E-state index contributed by atoms with van der Waals surface area (Å²) >= 11 is 0. The highest BCUT2D eigenvalue weighted by atomic mass is 32.2. The summed E-state index contributed by atoms with van der Waals surface area (Å²) in [5.74, 6) is 1.40. The van der Waals surface area contributed by atoms with Gasteiger partial charge in [0.2, 0.25) is 16.0 Å². The van der Waals surface area contributed by atoms with Gasteiger partial charge in [-0.05, 0) is 43.2 Å². The van der Waals surface area contributed by atoms with Crippen molar-refractivity contribution in [1.29, 1.82) is 0 Å². The van der Waals surface area contributed by atoms with Crippen molar-refractivity contribution >= 4 is 21.8 Å². The minimum Gasteiger partial charge on any atom is -0.309 e. The van der Waals surface area contributed by atoms with E-state index in [1.54, 1.807) is 47.0 Å². The standard InChI is InChI=1S/C20H21N5O2S/c26-28(27,17-6-2-1-3-7-17)25-14-10-16(11-15-25)18-8-4-9-19(23-18)24-20-21-12-5-13-22-20/h1-9,12-13,16H,10-11,14-15H2,(H,21,22,23,24). The molecule has 7 nitrogen and oxygen atoms in total. The number of anilines is 2. The van der Waals surface area contributed by atoms with Gasteiger partial charge in [0.15, 0.2) is 0 Å². The summed E-state index contributed by atoms with van der Waals surface area (Å²) in [6.45, 7) is 0.978. The maximum absolute atomic E-state index is 12.8. The molecule has 8 heteroatoms. The monoisotopic (exact) mass is 395 g/mol. The maximum Gasteiger partial charge on any atom is 0.243 e. The van der Waals surface area contributed by atoms with Gasteiger partial charge in [-0.2, -0.15) is 4.31 Å². The SMILES string of the molecule is O=S(=O)(c1ccccc1)N1CCC(c2cccc(Nc3ncccn3)n2)CC1. The molecule has 1 N–H and O–H groups in total. The Morgan fingerprint density at radius 3 is 2.32 bits per heavy atom. The number of aromatic nitrogens is 3. The normalized spacial score (nSPS) is 16.0. The third-order valence-electron chi connectivity index (χ3n) is 4.83. The minimum atomic E-state index is -3.43. The molecule has 0 amide bonds. The second-order valence-electron chi connectivity index (χ2n) is 6.64. The lowest BCUT2D eigenvalue weighted by atomic mass is 9.94. The zero-order chi connectivity index (χ0) is 19.4. The first-order chi connectivity index (χ1) is 13.6. The smallest absolute Gasteiger partial charge is 0.243 e. The van der Waals surface area contributed by atoms with E-state index in [1.807, 2.05) is 24.3 Å². The highest BCUT2D eigenvalue weighted by Gasteiger charge is 2.30. The minimum absolute atomic E-state index is 0.223. The molecule has 4 rings (SSSR count). The average molecular weight is 395 g/mol. The molecule has 0 atom stereocenters. The van der Waals surface area contributed by atoms with E-state index in [2.05, 4.69) is 20.3 Å². The summed E-state index contributed by atoms with van der Waals surface area (Å²) in [5.41, 5.74) is 0.956. The van der Waals surface area contributed by atoms with Gasteiger partial charge in [0.25, 0.3) is 0 Å². The number of pyridine rings is 1. The van der Waals surface area contributed by atoms with Crippen molar-refractivity contribution in [2.24, 2.45) is 0 Å². The Hall–Kier alpha value is -2.84. The van der Waals surface area contributed by atoms with Gasteiger partial charge < -0.3 is 5.32 Å². The van der Waals surface area contributed by atoms with E-state index < -0.39 is 10.0 Å². The predicted molar refractivity (Wildman–Crippen MR) is 107 cm³/mol. The number of rotatable bonds is 5. The Balaban J connectivity index is 1.43. The molecule has 144 valence electrons. The number of benzene rings is 1. The van der Waals surface area contributed by atoms with Crippen LogP contribution in [0, 0.1) is 0 Å². The van der Waals surface area contributed by atoms with E-state index in [4.69, 9.17) is 0 Å². The summed E-state index contributed by atoms with van der Waals surface area (Å²) in [6, 6.07) is 16.2. The summed E-state index contributed by atoms with van der Waals surface area (Å²) in [6.07, 6.45) is 4.82. The third kappa shape index (κ3) is 4.02. The van der Waals surface area contributed by atoms with Crippen molar-refractivity contribution in [2.75, 3.05) is 18.4 Å². The Bertz CT molecular complexity index is 1020. The number of sulfonamides is 1. The average Bonchev–Trinajstić information content (AvgIpc) is 2.75. The van der Waals surface area contributed by atoms with Crippen LogP contribution in [-0.2, 0) is 10.0 Å². The zero-order valence-corrected chi connectivity index (χ0v) is 16.1. The summed E-state index contributed by atoms with van der Waals surface area (Å²) in [4.78, 5) is 13.3. The predicted octanol–water partition coefficient (Wildman–Crippen LogP) is 3.18. The fourth-order valence-corrected chi connectivity index (χ4v) is 4.85. The first kappa shape index (κ1) is 18.5. The van der Waals surface area contributed by atoms with Crippen LogP contribution in [0.5, 0.6) is 0 Å². The van der Waals surface area contributed by atoms with E-state index in [0.717, 1.165) is 18.5 Å². The van der Waals surface area contributed by atoms with Crippen molar-refractivity contribution in [3.05, 3.63) is 72.7 Å². The highest BCUT2D eigenvalue weighted by Crippen LogP contribution is 2.30. The van der Waals surface area contributed by atoms with E-state index in [-0.39, 0.29) is 5.92 Å². The highest BCUT2D eigenvalue weighted by molar-refractivity contribution is 7.89. The van der Waals surface area contributed by atoms with Crippen molar-refractivity contribution in [3.8, 4) is 0 Å². The van der Waals surface area contributed by atoms with Gasteiger partial charge in [0.05, 0.1) is 4.90 Å². The molecular weight excluding hydrogens is 374 g/mol. The molecule has 2 aromatic heterocycles. The van der Waals surface area contributed by atoms with Gasteiger partial charge >= 0.3 is 0 Å². The molecule has 3 heterocycles.